The van der Waals surface area contributed by atoms with Crippen molar-refractivity contribution in [2.75, 3.05) is 0 Å². The molecular weight excluding hydrogens is 278 g/mol. The Kier molecular flexibility index (Phi) is 3.76. The zero-order valence-electron chi connectivity index (χ0n) is 12.5. The molecule has 0 amide bonds. The average Bonchev–Trinajstić information content (AvgIpc) is 2.75. The van der Waals surface area contributed by atoms with Crippen LogP contribution in [0.25, 0.3) is 16.3 Å². The number of hydrogen-bond donors (Lipinski definition) is 0. The van der Waals surface area contributed by atoms with Crippen molar-refractivity contribution in [3.8, 4) is 0 Å². The standard InChI is InChI=1S/C18H18NOS/c1-13-11-15(12-14(2)20-13)7-6-10-18-19(3)16-8-4-5-9-17(16)21-18/h4-12H,1-3H3/q+1. The van der Waals surface area contributed by atoms with Gasteiger partial charge in [-0.3, -0.25) is 0 Å². The van der Waals surface area contributed by atoms with Crippen molar-refractivity contribution in [2.24, 2.45) is 7.05 Å². The zero-order valence-corrected chi connectivity index (χ0v) is 13.3. The number of aryl methyl sites for hydroxylation is 1. The molecular formula is C18H18NOS+. The van der Waals surface area contributed by atoms with Gasteiger partial charge in [0, 0.05) is 12.1 Å². The van der Waals surface area contributed by atoms with Crippen LogP contribution in [-0.2, 0) is 11.8 Å². The molecule has 21 heavy (non-hydrogen) atoms. The van der Waals surface area contributed by atoms with E-state index < -0.39 is 0 Å². The molecule has 3 heteroatoms. The second-order valence-corrected chi connectivity index (χ2v) is 6.17. The van der Waals surface area contributed by atoms with Gasteiger partial charge in [-0.05, 0) is 37.6 Å². The Labute approximate surface area is 129 Å². The molecule has 0 unspecified atom stereocenters. The number of rotatable bonds is 2. The van der Waals surface area contributed by atoms with Crippen LogP contribution in [-0.4, -0.2) is 0 Å². The number of para-hydroxylation sites is 1. The molecule has 0 aliphatic carbocycles. The van der Waals surface area contributed by atoms with Crippen LogP contribution in [0.4, 0.5) is 0 Å². The van der Waals surface area contributed by atoms with Crippen molar-refractivity contribution in [1.29, 1.82) is 0 Å². The SMILES string of the molecule is CC1=CC(=CC=Cc2sc3ccccc3[n+]2C)C=C(C)O1. The molecule has 1 aromatic carbocycles. The molecule has 0 saturated carbocycles. The molecule has 2 nitrogen and oxygen atoms in total. The van der Waals surface area contributed by atoms with E-state index in [1.54, 1.807) is 11.3 Å². The Balaban J connectivity index is 1.88. The van der Waals surface area contributed by atoms with Crippen molar-refractivity contribution in [3.63, 3.8) is 0 Å². The summed E-state index contributed by atoms with van der Waals surface area (Å²) in [7, 11) is 2.11. The van der Waals surface area contributed by atoms with Gasteiger partial charge >= 0.3 is 0 Å². The number of fused-ring (bicyclic) bond motifs is 1. The van der Waals surface area contributed by atoms with Gasteiger partial charge in [0.1, 0.15) is 23.3 Å². The second kappa shape index (κ2) is 5.70. The Morgan fingerprint density at radius 1 is 1.10 bits per heavy atom. The van der Waals surface area contributed by atoms with Crippen LogP contribution >= 0.6 is 11.3 Å². The fourth-order valence-electron chi connectivity index (χ4n) is 2.43. The predicted octanol–water partition coefficient (Wildman–Crippen LogP) is 4.50. The Morgan fingerprint density at radius 2 is 1.81 bits per heavy atom. The predicted molar refractivity (Wildman–Crippen MR) is 88.7 cm³/mol. The Bertz CT molecular complexity index is 786. The molecule has 1 aromatic heterocycles. The number of thiazole rings is 1. The second-order valence-electron chi connectivity index (χ2n) is 5.10. The maximum Gasteiger partial charge on any atom is 0.262 e. The molecule has 1 aliphatic heterocycles. The lowest BCUT2D eigenvalue weighted by Gasteiger charge is -2.11. The summed E-state index contributed by atoms with van der Waals surface area (Å²) in [5, 5.41) is 1.24. The summed E-state index contributed by atoms with van der Waals surface area (Å²) in [5.74, 6) is 1.86. The fraction of sp³-hybridized carbons (Fsp3) is 0.167. The molecule has 0 bridgehead atoms. The van der Waals surface area contributed by atoms with Crippen LogP contribution < -0.4 is 4.57 Å². The van der Waals surface area contributed by atoms with Gasteiger partial charge in [-0.15, -0.1) is 0 Å². The topological polar surface area (TPSA) is 13.1 Å². The first kappa shape index (κ1) is 13.8. The third-order valence-corrected chi connectivity index (χ3v) is 4.55. The van der Waals surface area contributed by atoms with E-state index in [0.29, 0.717) is 0 Å². The lowest BCUT2D eigenvalue weighted by Crippen LogP contribution is -2.28. The normalized spacial score (nSPS) is 15.1. The van der Waals surface area contributed by atoms with Gasteiger partial charge in [-0.1, -0.05) is 35.6 Å². The summed E-state index contributed by atoms with van der Waals surface area (Å²) < 4.78 is 9.03. The Morgan fingerprint density at radius 3 is 2.52 bits per heavy atom. The van der Waals surface area contributed by atoms with Crippen LogP contribution in [0.5, 0.6) is 0 Å². The van der Waals surface area contributed by atoms with Crippen LogP contribution in [0.3, 0.4) is 0 Å². The minimum atomic E-state index is 0.932. The van der Waals surface area contributed by atoms with Gasteiger partial charge in [0.2, 0.25) is 5.52 Å². The van der Waals surface area contributed by atoms with E-state index in [9.17, 15) is 0 Å². The van der Waals surface area contributed by atoms with Crippen molar-refractivity contribution in [2.45, 2.75) is 13.8 Å². The van der Waals surface area contributed by atoms with E-state index in [0.717, 1.165) is 17.1 Å². The highest BCUT2D eigenvalue weighted by molar-refractivity contribution is 7.18. The van der Waals surface area contributed by atoms with E-state index in [-0.39, 0.29) is 0 Å². The number of aromatic nitrogens is 1. The van der Waals surface area contributed by atoms with Gasteiger partial charge < -0.3 is 4.74 Å². The van der Waals surface area contributed by atoms with Gasteiger partial charge in [0.05, 0.1) is 0 Å². The van der Waals surface area contributed by atoms with Gasteiger partial charge in [-0.25, -0.2) is 0 Å². The molecule has 2 aromatic rings. The molecule has 3 rings (SSSR count). The molecule has 0 radical (unpaired) electrons. The summed E-state index contributed by atoms with van der Waals surface area (Å²) in [6, 6.07) is 8.47. The number of benzene rings is 1. The number of hydrogen-bond acceptors (Lipinski definition) is 2. The third kappa shape index (κ3) is 2.98. The largest absolute Gasteiger partial charge is 0.467 e. The van der Waals surface area contributed by atoms with E-state index in [1.807, 2.05) is 26.0 Å². The Hall–Kier alpha value is -2.13. The lowest BCUT2D eigenvalue weighted by atomic mass is 10.1. The van der Waals surface area contributed by atoms with Crippen molar-refractivity contribution < 1.29 is 9.30 Å². The van der Waals surface area contributed by atoms with E-state index >= 15 is 0 Å². The third-order valence-electron chi connectivity index (χ3n) is 3.36. The molecule has 0 fully saturated rings. The minimum absolute atomic E-state index is 0.932. The van der Waals surface area contributed by atoms with Crippen LogP contribution in [0, 0.1) is 0 Å². The summed E-state index contributed by atoms with van der Waals surface area (Å²) >= 11 is 1.80. The molecule has 2 heterocycles. The smallest absolute Gasteiger partial charge is 0.262 e. The first-order valence-corrected chi connectivity index (χ1v) is 7.75. The highest BCUT2D eigenvalue weighted by Crippen LogP contribution is 2.21. The maximum absolute atomic E-state index is 5.50. The molecule has 106 valence electrons. The lowest BCUT2D eigenvalue weighted by molar-refractivity contribution is -0.642. The fourth-order valence-corrected chi connectivity index (χ4v) is 3.49. The summed E-state index contributed by atoms with van der Waals surface area (Å²) in [6.07, 6.45) is 10.4. The van der Waals surface area contributed by atoms with Gasteiger partial charge in [-0.2, -0.15) is 4.57 Å². The average molecular weight is 296 g/mol. The number of nitrogens with zero attached hydrogens (tertiary/aromatic N) is 1. The first-order valence-electron chi connectivity index (χ1n) is 6.94. The van der Waals surface area contributed by atoms with Gasteiger partial charge in [0.15, 0.2) is 0 Å². The van der Waals surface area contributed by atoms with E-state index in [4.69, 9.17) is 4.74 Å². The number of allylic oxidation sites excluding steroid dienone is 7. The summed E-state index contributed by atoms with van der Waals surface area (Å²) in [5.41, 5.74) is 2.43. The maximum atomic E-state index is 5.50. The van der Waals surface area contributed by atoms with E-state index in [2.05, 4.69) is 54.1 Å². The van der Waals surface area contributed by atoms with Crippen molar-refractivity contribution in [3.05, 3.63) is 70.7 Å². The van der Waals surface area contributed by atoms with Crippen molar-refractivity contribution in [1.82, 2.24) is 0 Å². The number of ether oxygens (including phenoxy) is 1. The zero-order chi connectivity index (χ0) is 14.8. The summed E-state index contributed by atoms with van der Waals surface area (Å²) in [4.78, 5) is 0. The van der Waals surface area contributed by atoms with E-state index in [1.165, 1.54) is 15.2 Å². The molecule has 0 saturated heterocycles. The monoisotopic (exact) mass is 296 g/mol. The molecule has 0 N–H and O–H groups in total. The van der Waals surface area contributed by atoms with Crippen molar-refractivity contribution >= 4 is 27.6 Å². The minimum Gasteiger partial charge on any atom is -0.467 e. The van der Waals surface area contributed by atoms with Crippen LogP contribution in [0.1, 0.15) is 18.9 Å². The highest BCUT2D eigenvalue weighted by Gasteiger charge is 2.12. The van der Waals surface area contributed by atoms with Gasteiger partial charge in [0.25, 0.3) is 5.01 Å². The molecule has 0 atom stereocenters. The first-order chi connectivity index (χ1) is 10.1. The molecule has 1 aliphatic rings. The van der Waals surface area contributed by atoms with Crippen LogP contribution in [0.15, 0.2) is 65.7 Å². The molecule has 0 spiro atoms. The van der Waals surface area contributed by atoms with Crippen LogP contribution in [0.2, 0.25) is 0 Å². The highest BCUT2D eigenvalue weighted by atomic mass is 32.1. The quantitative estimate of drug-likeness (QED) is 0.744. The summed E-state index contributed by atoms with van der Waals surface area (Å²) in [6.45, 7) is 3.94.